The Morgan fingerprint density at radius 1 is 1.47 bits per heavy atom. The van der Waals surface area contributed by atoms with Gasteiger partial charge in [-0.3, -0.25) is 14.9 Å². The molecule has 0 bridgehead atoms. The van der Waals surface area contributed by atoms with E-state index in [9.17, 15) is 14.4 Å². The van der Waals surface area contributed by atoms with Crippen molar-refractivity contribution in [1.29, 1.82) is 0 Å². The van der Waals surface area contributed by atoms with Crippen LogP contribution < -0.4 is 10.6 Å². The zero-order valence-electron chi connectivity index (χ0n) is 8.08. The lowest BCUT2D eigenvalue weighted by atomic mass is 9.76. The largest absolute Gasteiger partial charge is 0.481 e. The monoisotopic (exact) mass is 212 g/mol. The summed E-state index contributed by atoms with van der Waals surface area (Å²) in [5.41, 5.74) is -0.974. The van der Waals surface area contributed by atoms with Crippen molar-refractivity contribution in [3.63, 3.8) is 0 Å². The van der Waals surface area contributed by atoms with Crippen molar-refractivity contribution in [2.75, 3.05) is 0 Å². The summed E-state index contributed by atoms with van der Waals surface area (Å²) in [5, 5.41) is 13.6. The second kappa shape index (κ2) is 3.22. The predicted molar refractivity (Wildman–Crippen MR) is 49.0 cm³/mol. The maximum atomic E-state index is 11.5. The first-order valence-electron chi connectivity index (χ1n) is 4.90. The van der Waals surface area contributed by atoms with Crippen LogP contribution in [0.3, 0.4) is 0 Å². The Hall–Kier alpha value is -1.59. The van der Waals surface area contributed by atoms with Crippen LogP contribution in [0.4, 0.5) is 4.79 Å². The van der Waals surface area contributed by atoms with E-state index < -0.39 is 29.4 Å². The standard InChI is InChI=1S/C9H12N2O4/c12-6(13)5-2-1-3-9(4-5)7(14)10-8(15)11-9/h5H,1-4H2,(H,12,13)(H2,10,11,14,15)/t5-,9-/m0/s1. The molecule has 15 heavy (non-hydrogen) atoms. The fraction of sp³-hybridized carbons (Fsp3) is 0.667. The van der Waals surface area contributed by atoms with E-state index in [1.165, 1.54) is 0 Å². The van der Waals surface area contributed by atoms with Gasteiger partial charge in [-0.15, -0.1) is 0 Å². The van der Waals surface area contributed by atoms with Crippen LogP contribution >= 0.6 is 0 Å². The summed E-state index contributed by atoms with van der Waals surface area (Å²) in [7, 11) is 0. The summed E-state index contributed by atoms with van der Waals surface area (Å²) in [5.74, 6) is -1.83. The van der Waals surface area contributed by atoms with E-state index in [-0.39, 0.29) is 6.42 Å². The first-order valence-corrected chi connectivity index (χ1v) is 4.90. The Kier molecular flexibility index (Phi) is 2.13. The molecule has 0 unspecified atom stereocenters. The van der Waals surface area contributed by atoms with Gasteiger partial charge in [0.15, 0.2) is 0 Å². The van der Waals surface area contributed by atoms with Gasteiger partial charge in [-0.25, -0.2) is 4.79 Å². The third-order valence-electron chi connectivity index (χ3n) is 3.11. The number of hydrogen-bond donors (Lipinski definition) is 3. The van der Waals surface area contributed by atoms with Crippen molar-refractivity contribution >= 4 is 17.9 Å². The topological polar surface area (TPSA) is 95.5 Å². The molecule has 2 rings (SSSR count). The van der Waals surface area contributed by atoms with Gasteiger partial charge < -0.3 is 10.4 Å². The van der Waals surface area contributed by atoms with Gasteiger partial charge in [0.1, 0.15) is 5.54 Å². The number of amides is 3. The van der Waals surface area contributed by atoms with Crippen LogP contribution in [0.5, 0.6) is 0 Å². The maximum absolute atomic E-state index is 11.5. The maximum Gasteiger partial charge on any atom is 0.322 e. The van der Waals surface area contributed by atoms with Gasteiger partial charge >= 0.3 is 12.0 Å². The second-order valence-corrected chi connectivity index (χ2v) is 4.12. The zero-order chi connectivity index (χ0) is 11.1. The Labute approximate surface area is 86.0 Å². The molecule has 0 aromatic carbocycles. The molecule has 2 aliphatic rings. The fourth-order valence-electron chi connectivity index (χ4n) is 2.33. The first kappa shape index (κ1) is 9.95. The number of carboxylic acids is 1. The third kappa shape index (κ3) is 1.55. The van der Waals surface area contributed by atoms with Crippen molar-refractivity contribution < 1.29 is 19.5 Å². The van der Waals surface area contributed by atoms with E-state index in [1.807, 2.05) is 0 Å². The number of rotatable bonds is 1. The molecular weight excluding hydrogens is 200 g/mol. The normalized spacial score (nSPS) is 35.1. The minimum Gasteiger partial charge on any atom is -0.481 e. The number of imide groups is 1. The van der Waals surface area contributed by atoms with E-state index in [2.05, 4.69) is 10.6 Å². The highest BCUT2D eigenvalue weighted by molar-refractivity contribution is 6.07. The van der Waals surface area contributed by atoms with Crippen LogP contribution in [-0.2, 0) is 9.59 Å². The zero-order valence-corrected chi connectivity index (χ0v) is 8.08. The van der Waals surface area contributed by atoms with Crippen LogP contribution in [0.1, 0.15) is 25.7 Å². The van der Waals surface area contributed by atoms with Gasteiger partial charge in [-0.1, -0.05) is 0 Å². The molecule has 6 nitrogen and oxygen atoms in total. The number of carbonyl (C=O) groups excluding carboxylic acids is 2. The van der Waals surface area contributed by atoms with Gasteiger partial charge in [0, 0.05) is 0 Å². The molecule has 0 aromatic rings. The Morgan fingerprint density at radius 2 is 2.20 bits per heavy atom. The molecule has 2 fully saturated rings. The lowest BCUT2D eigenvalue weighted by Gasteiger charge is -2.33. The highest BCUT2D eigenvalue weighted by Crippen LogP contribution is 2.34. The number of urea groups is 1. The van der Waals surface area contributed by atoms with Crippen LogP contribution in [0.2, 0.25) is 0 Å². The van der Waals surface area contributed by atoms with Crippen molar-refractivity contribution in [2.45, 2.75) is 31.2 Å². The van der Waals surface area contributed by atoms with Crippen molar-refractivity contribution in [1.82, 2.24) is 10.6 Å². The molecule has 82 valence electrons. The van der Waals surface area contributed by atoms with Gasteiger partial charge in [0.2, 0.25) is 0 Å². The summed E-state index contributed by atoms with van der Waals surface area (Å²) in [6, 6.07) is -0.522. The quantitative estimate of drug-likeness (QED) is 0.526. The number of aliphatic carboxylic acids is 1. The molecule has 1 aliphatic heterocycles. The molecule has 1 saturated carbocycles. The second-order valence-electron chi connectivity index (χ2n) is 4.12. The summed E-state index contributed by atoms with van der Waals surface area (Å²) in [6.45, 7) is 0. The minimum atomic E-state index is -0.974. The molecule has 6 heteroatoms. The molecule has 0 radical (unpaired) electrons. The number of carboxylic acid groups (broad SMARTS) is 1. The smallest absolute Gasteiger partial charge is 0.322 e. The SMILES string of the molecule is O=C1NC(=O)[C@@]2(CCC[C@H](C(=O)O)C2)N1. The van der Waals surface area contributed by atoms with Crippen LogP contribution in [-0.4, -0.2) is 28.6 Å². The van der Waals surface area contributed by atoms with Gasteiger partial charge in [0.05, 0.1) is 5.92 Å². The van der Waals surface area contributed by atoms with Crippen LogP contribution in [0.15, 0.2) is 0 Å². The van der Waals surface area contributed by atoms with E-state index >= 15 is 0 Å². The Balaban J connectivity index is 2.18. The van der Waals surface area contributed by atoms with E-state index in [4.69, 9.17) is 5.11 Å². The summed E-state index contributed by atoms with van der Waals surface area (Å²) >= 11 is 0. The highest BCUT2D eigenvalue weighted by Gasteiger charge is 2.50. The molecule has 1 aliphatic carbocycles. The van der Waals surface area contributed by atoms with Gasteiger partial charge in [-0.05, 0) is 25.7 Å². The van der Waals surface area contributed by atoms with Crippen molar-refractivity contribution in [3.05, 3.63) is 0 Å². The molecule has 3 amide bonds. The number of hydrogen-bond acceptors (Lipinski definition) is 3. The summed E-state index contributed by atoms with van der Waals surface area (Å²) in [4.78, 5) is 33.4. The first-order chi connectivity index (χ1) is 7.03. The Morgan fingerprint density at radius 3 is 2.73 bits per heavy atom. The lowest BCUT2D eigenvalue weighted by molar-refractivity contribution is -0.144. The van der Waals surface area contributed by atoms with Crippen LogP contribution in [0.25, 0.3) is 0 Å². The van der Waals surface area contributed by atoms with E-state index in [0.29, 0.717) is 19.3 Å². The molecule has 0 aromatic heterocycles. The van der Waals surface area contributed by atoms with Gasteiger partial charge in [-0.2, -0.15) is 0 Å². The van der Waals surface area contributed by atoms with Crippen molar-refractivity contribution in [2.24, 2.45) is 5.92 Å². The minimum absolute atomic E-state index is 0.194. The Bertz CT molecular complexity index is 341. The molecule has 1 spiro atoms. The fourth-order valence-corrected chi connectivity index (χ4v) is 2.33. The highest BCUT2D eigenvalue weighted by atomic mass is 16.4. The summed E-state index contributed by atoms with van der Waals surface area (Å²) < 4.78 is 0. The number of carbonyl (C=O) groups is 3. The third-order valence-corrected chi connectivity index (χ3v) is 3.11. The molecule has 2 atom stereocenters. The molecule has 3 N–H and O–H groups in total. The van der Waals surface area contributed by atoms with Gasteiger partial charge in [0.25, 0.3) is 5.91 Å². The molecule has 1 heterocycles. The lowest BCUT2D eigenvalue weighted by Crippen LogP contribution is -2.51. The number of nitrogens with one attached hydrogen (secondary N) is 2. The van der Waals surface area contributed by atoms with E-state index in [1.54, 1.807) is 0 Å². The van der Waals surface area contributed by atoms with Crippen molar-refractivity contribution in [3.8, 4) is 0 Å². The summed E-state index contributed by atoms with van der Waals surface area (Å²) in [6.07, 6.45) is 1.93. The van der Waals surface area contributed by atoms with Crippen LogP contribution in [0, 0.1) is 5.92 Å². The predicted octanol–water partition coefficient (Wildman–Crippen LogP) is -0.161. The average Bonchev–Trinajstić information content (AvgIpc) is 2.41. The average molecular weight is 212 g/mol. The molecule has 1 saturated heterocycles. The molecular formula is C9H12N2O4. The van der Waals surface area contributed by atoms with E-state index in [0.717, 1.165) is 0 Å².